The third-order valence-corrected chi connectivity index (χ3v) is 2.63. The lowest BCUT2D eigenvalue weighted by Gasteiger charge is -2.11. The van der Waals surface area contributed by atoms with E-state index in [1.54, 1.807) is 7.11 Å². The van der Waals surface area contributed by atoms with Gasteiger partial charge < -0.3 is 10.1 Å². The molecule has 12 heavy (non-hydrogen) atoms. The summed E-state index contributed by atoms with van der Waals surface area (Å²) in [5, 5.41) is 3.56. The van der Waals surface area contributed by atoms with E-state index in [0.717, 1.165) is 18.6 Å². The van der Waals surface area contributed by atoms with E-state index < -0.39 is 0 Å². The number of hydrogen-bond acceptors (Lipinski definition) is 2. The van der Waals surface area contributed by atoms with Gasteiger partial charge in [0.25, 0.3) is 0 Å². The summed E-state index contributed by atoms with van der Waals surface area (Å²) in [5.74, 6) is 0.810. The fourth-order valence-corrected chi connectivity index (χ4v) is 2.00. The van der Waals surface area contributed by atoms with Gasteiger partial charge in [-0.3, -0.25) is 0 Å². The van der Waals surface area contributed by atoms with Crippen LogP contribution >= 0.6 is 0 Å². The van der Waals surface area contributed by atoms with E-state index in [1.807, 2.05) is 0 Å². The van der Waals surface area contributed by atoms with E-state index in [9.17, 15) is 0 Å². The molecule has 0 spiro atoms. The lowest BCUT2D eigenvalue weighted by atomic mass is 10.1. The molecule has 0 radical (unpaired) electrons. The molecule has 0 aromatic heterocycles. The van der Waals surface area contributed by atoms with Crippen molar-refractivity contribution in [2.75, 3.05) is 20.3 Å². The van der Waals surface area contributed by atoms with Crippen LogP contribution < -0.4 is 5.32 Å². The number of methoxy groups -OCH3 is 1. The highest BCUT2D eigenvalue weighted by Gasteiger charge is 2.23. The highest BCUT2D eigenvalue weighted by Crippen LogP contribution is 2.25. The Bertz CT molecular complexity index is 116. The summed E-state index contributed by atoms with van der Waals surface area (Å²) in [7, 11) is 1.80. The molecule has 2 unspecified atom stereocenters. The van der Waals surface area contributed by atoms with E-state index in [4.69, 9.17) is 4.74 Å². The van der Waals surface area contributed by atoms with Gasteiger partial charge in [-0.1, -0.05) is 6.92 Å². The zero-order chi connectivity index (χ0) is 8.81. The van der Waals surface area contributed by atoms with Crippen LogP contribution in [0.15, 0.2) is 0 Å². The zero-order valence-corrected chi connectivity index (χ0v) is 8.31. The van der Waals surface area contributed by atoms with Crippen LogP contribution in [0.1, 0.15) is 32.6 Å². The van der Waals surface area contributed by atoms with Gasteiger partial charge in [0.2, 0.25) is 0 Å². The van der Waals surface area contributed by atoms with Crippen molar-refractivity contribution >= 4 is 0 Å². The van der Waals surface area contributed by atoms with Crippen LogP contribution in [0.3, 0.4) is 0 Å². The van der Waals surface area contributed by atoms with Crippen LogP contribution in [0.25, 0.3) is 0 Å². The zero-order valence-electron chi connectivity index (χ0n) is 8.31. The van der Waals surface area contributed by atoms with Crippen LogP contribution in [0.2, 0.25) is 0 Å². The second kappa shape index (κ2) is 5.55. The van der Waals surface area contributed by atoms with Crippen molar-refractivity contribution in [3.05, 3.63) is 0 Å². The molecule has 2 heteroatoms. The Morgan fingerprint density at radius 2 is 2.25 bits per heavy atom. The molecule has 1 aliphatic carbocycles. The Morgan fingerprint density at radius 1 is 1.42 bits per heavy atom. The van der Waals surface area contributed by atoms with Crippen LogP contribution in [-0.4, -0.2) is 26.3 Å². The second-order valence-electron chi connectivity index (χ2n) is 3.79. The molecule has 0 saturated heterocycles. The number of hydrogen-bond donors (Lipinski definition) is 1. The Labute approximate surface area is 75.7 Å². The first-order valence-corrected chi connectivity index (χ1v) is 5.09. The molecule has 72 valence electrons. The first kappa shape index (κ1) is 10.0. The quantitative estimate of drug-likeness (QED) is 0.681. The van der Waals surface area contributed by atoms with Crippen molar-refractivity contribution in [2.24, 2.45) is 5.92 Å². The van der Waals surface area contributed by atoms with Gasteiger partial charge in [0.15, 0.2) is 0 Å². The summed E-state index contributed by atoms with van der Waals surface area (Å²) in [6.07, 6.45) is 5.24. The topological polar surface area (TPSA) is 21.3 Å². The van der Waals surface area contributed by atoms with Crippen molar-refractivity contribution in [1.82, 2.24) is 5.32 Å². The lowest BCUT2D eigenvalue weighted by molar-refractivity contribution is 0.153. The van der Waals surface area contributed by atoms with Gasteiger partial charge in [-0.25, -0.2) is 0 Å². The predicted molar refractivity (Wildman–Crippen MR) is 51.3 cm³/mol. The molecule has 0 amide bonds. The Morgan fingerprint density at radius 3 is 2.92 bits per heavy atom. The SMILES string of the molecule is CCCNC1CCC(COC)C1. The lowest BCUT2D eigenvalue weighted by Crippen LogP contribution is -2.27. The third kappa shape index (κ3) is 3.11. The Hall–Kier alpha value is -0.0800. The molecule has 0 aliphatic heterocycles. The maximum Gasteiger partial charge on any atom is 0.0491 e. The largest absolute Gasteiger partial charge is 0.384 e. The average Bonchev–Trinajstić information content (AvgIpc) is 2.50. The first-order chi connectivity index (χ1) is 5.86. The van der Waals surface area contributed by atoms with Gasteiger partial charge in [-0.15, -0.1) is 0 Å². The van der Waals surface area contributed by atoms with Crippen LogP contribution in [0, 0.1) is 5.92 Å². The average molecular weight is 171 g/mol. The third-order valence-electron chi connectivity index (χ3n) is 2.63. The molecule has 0 bridgehead atoms. The van der Waals surface area contributed by atoms with Gasteiger partial charge in [0, 0.05) is 19.8 Å². The fraction of sp³-hybridized carbons (Fsp3) is 1.00. The Kier molecular flexibility index (Phi) is 4.62. The second-order valence-corrected chi connectivity index (χ2v) is 3.79. The monoisotopic (exact) mass is 171 g/mol. The molecular weight excluding hydrogens is 150 g/mol. The maximum absolute atomic E-state index is 5.15. The van der Waals surface area contributed by atoms with E-state index >= 15 is 0 Å². The molecule has 0 heterocycles. The summed E-state index contributed by atoms with van der Waals surface area (Å²) in [4.78, 5) is 0. The predicted octanol–water partition coefficient (Wildman–Crippen LogP) is 1.80. The number of nitrogens with one attached hydrogen (secondary N) is 1. The minimum absolute atomic E-state index is 0.769. The van der Waals surface area contributed by atoms with E-state index in [-0.39, 0.29) is 0 Å². The number of ether oxygens (including phenoxy) is 1. The molecule has 1 aliphatic rings. The van der Waals surface area contributed by atoms with Gasteiger partial charge in [0.1, 0.15) is 0 Å². The fourth-order valence-electron chi connectivity index (χ4n) is 2.00. The van der Waals surface area contributed by atoms with Crippen molar-refractivity contribution in [2.45, 2.75) is 38.6 Å². The minimum Gasteiger partial charge on any atom is -0.384 e. The van der Waals surface area contributed by atoms with Crippen molar-refractivity contribution < 1.29 is 4.74 Å². The van der Waals surface area contributed by atoms with Crippen molar-refractivity contribution in [3.63, 3.8) is 0 Å². The molecule has 1 rings (SSSR count). The maximum atomic E-state index is 5.15. The van der Waals surface area contributed by atoms with Gasteiger partial charge in [0.05, 0.1) is 0 Å². The molecule has 1 N–H and O–H groups in total. The van der Waals surface area contributed by atoms with Gasteiger partial charge >= 0.3 is 0 Å². The molecule has 0 aromatic carbocycles. The smallest absolute Gasteiger partial charge is 0.0491 e. The van der Waals surface area contributed by atoms with Gasteiger partial charge in [-0.05, 0) is 38.1 Å². The van der Waals surface area contributed by atoms with E-state index in [0.29, 0.717) is 0 Å². The number of rotatable bonds is 5. The van der Waals surface area contributed by atoms with Gasteiger partial charge in [-0.2, -0.15) is 0 Å². The summed E-state index contributed by atoms with van der Waals surface area (Å²) in [6.45, 7) is 4.34. The molecule has 1 saturated carbocycles. The van der Waals surface area contributed by atoms with Crippen LogP contribution in [0.5, 0.6) is 0 Å². The summed E-state index contributed by atoms with van der Waals surface area (Å²) in [5.41, 5.74) is 0. The van der Waals surface area contributed by atoms with E-state index in [1.165, 1.54) is 32.2 Å². The van der Waals surface area contributed by atoms with E-state index in [2.05, 4.69) is 12.2 Å². The normalized spacial score (nSPS) is 29.5. The molecule has 2 nitrogen and oxygen atoms in total. The molecular formula is C10H21NO. The van der Waals surface area contributed by atoms with Crippen LogP contribution in [0.4, 0.5) is 0 Å². The molecule has 2 atom stereocenters. The summed E-state index contributed by atoms with van der Waals surface area (Å²) >= 11 is 0. The Balaban J connectivity index is 2.08. The van der Waals surface area contributed by atoms with Crippen molar-refractivity contribution in [3.8, 4) is 0 Å². The summed E-state index contributed by atoms with van der Waals surface area (Å²) < 4.78 is 5.15. The van der Waals surface area contributed by atoms with Crippen LogP contribution in [-0.2, 0) is 4.74 Å². The molecule has 1 fully saturated rings. The highest BCUT2D eigenvalue weighted by atomic mass is 16.5. The molecule has 0 aromatic rings. The highest BCUT2D eigenvalue weighted by molar-refractivity contribution is 4.80. The van der Waals surface area contributed by atoms with Crippen molar-refractivity contribution in [1.29, 1.82) is 0 Å². The summed E-state index contributed by atoms with van der Waals surface area (Å²) in [6, 6.07) is 0.769. The minimum atomic E-state index is 0.769. The standard InChI is InChI=1S/C10H21NO/c1-3-6-11-10-5-4-9(7-10)8-12-2/h9-11H,3-8H2,1-2H3. The first-order valence-electron chi connectivity index (χ1n) is 5.09.